The van der Waals surface area contributed by atoms with Gasteiger partial charge in [0.05, 0.1) is 19.9 Å². The Bertz CT molecular complexity index is 1280. The minimum absolute atomic E-state index is 0.123. The molecule has 0 aromatic heterocycles. The molecule has 1 heterocycles. The normalized spacial score (nSPS) is 14.9. The van der Waals surface area contributed by atoms with Crippen molar-refractivity contribution in [1.82, 2.24) is 0 Å². The predicted molar refractivity (Wildman–Crippen MR) is 141 cm³/mol. The highest BCUT2D eigenvalue weighted by atomic mass is 32.2. The van der Waals surface area contributed by atoms with E-state index in [0.29, 0.717) is 28.6 Å². The molecule has 8 nitrogen and oxygen atoms in total. The first-order valence-corrected chi connectivity index (χ1v) is 12.2. The first-order valence-electron chi connectivity index (χ1n) is 11.3. The maximum absolute atomic E-state index is 13.4. The SMILES string of the molecule is COc1ccc(C2CC(=O)N(CC(=O)Nc3ccc(NC(C)=O)cc3)c3ccccc3S2)cc1OC. The van der Waals surface area contributed by atoms with Gasteiger partial charge in [-0.25, -0.2) is 0 Å². The molecule has 4 rings (SSSR count). The van der Waals surface area contributed by atoms with Crippen LogP contribution >= 0.6 is 11.8 Å². The number of rotatable bonds is 7. The zero-order valence-electron chi connectivity index (χ0n) is 20.2. The van der Waals surface area contributed by atoms with Gasteiger partial charge >= 0.3 is 0 Å². The van der Waals surface area contributed by atoms with Crippen LogP contribution in [0.4, 0.5) is 17.1 Å². The molecule has 1 aliphatic rings. The number of carbonyl (C=O) groups excluding carboxylic acids is 3. The van der Waals surface area contributed by atoms with Crippen LogP contribution < -0.4 is 25.0 Å². The summed E-state index contributed by atoms with van der Waals surface area (Å²) in [6.45, 7) is 1.31. The fourth-order valence-electron chi connectivity index (χ4n) is 3.97. The number of carbonyl (C=O) groups is 3. The molecule has 186 valence electrons. The number of hydrogen-bond donors (Lipinski definition) is 2. The molecule has 1 aliphatic heterocycles. The van der Waals surface area contributed by atoms with Gasteiger partial charge in [0.25, 0.3) is 0 Å². The Kier molecular flexibility index (Phi) is 7.80. The van der Waals surface area contributed by atoms with Gasteiger partial charge in [0, 0.05) is 34.9 Å². The number of methoxy groups -OCH3 is 2. The molecule has 2 N–H and O–H groups in total. The van der Waals surface area contributed by atoms with Crippen LogP contribution in [-0.4, -0.2) is 38.5 Å². The Balaban J connectivity index is 1.53. The Morgan fingerprint density at radius 1 is 0.944 bits per heavy atom. The molecule has 3 aromatic rings. The van der Waals surface area contributed by atoms with Crippen molar-refractivity contribution in [3.05, 3.63) is 72.3 Å². The second-order valence-electron chi connectivity index (χ2n) is 8.18. The Labute approximate surface area is 214 Å². The number of anilines is 3. The quantitative estimate of drug-likeness (QED) is 0.476. The van der Waals surface area contributed by atoms with Crippen molar-refractivity contribution in [2.24, 2.45) is 0 Å². The zero-order valence-corrected chi connectivity index (χ0v) is 21.1. The van der Waals surface area contributed by atoms with Crippen LogP contribution in [0.5, 0.6) is 11.5 Å². The van der Waals surface area contributed by atoms with Crippen molar-refractivity contribution in [3.8, 4) is 11.5 Å². The van der Waals surface area contributed by atoms with Gasteiger partial charge < -0.3 is 25.0 Å². The van der Waals surface area contributed by atoms with Gasteiger partial charge in [0.1, 0.15) is 6.54 Å². The summed E-state index contributed by atoms with van der Waals surface area (Å²) in [7, 11) is 3.16. The van der Waals surface area contributed by atoms with Crippen LogP contribution in [0.3, 0.4) is 0 Å². The van der Waals surface area contributed by atoms with E-state index >= 15 is 0 Å². The van der Waals surface area contributed by atoms with Crippen molar-refractivity contribution in [2.45, 2.75) is 23.5 Å². The highest BCUT2D eigenvalue weighted by Crippen LogP contribution is 2.46. The summed E-state index contributed by atoms with van der Waals surface area (Å²) in [5.41, 5.74) is 2.84. The van der Waals surface area contributed by atoms with Crippen LogP contribution in [0.2, 0.25) is 0 Å². The molecule has 0 fully saturated rings. The maximum Gasteiger partial charge on any atom is 0.244 e. The van der Waals surface area contributed by atoms with Crippen molar-refractivity contribution in [2.75, 3.05) is 36.3 Å². The van der Waals surface area contributed by atoms with Gasteiger partial charge in [-0.15, -0.1) is 11.8 Å². The molecule has 0 saturated carbocycles. The third-order valence-electron chi connectivity index (χ3n) is 5.66. The van der Waals surface area contributed by atoms with E-state index in [-0.39, 0.29) is 35.9 Å². The van der Waals surface area contributed by atoms with Gasteiger partial charge in [0.2, 0.25) is 17.7 Å². The fourth-order valence-corrected chi connectivity index (χ4v) is 5.25. The lowest BCUT2D eigenvalue weighted by Crippen LogP contribution is -2.38. The lowest BCUT2D eigenvalue weighted by molar-refractivity contribution is -0.121. The van der Waals surface area contributed by atoms with E-state index in [2.05, 4.69) is 10.6 Å². The van der Waals surface area contributed by atoms with Gasteiger partial charge in [-0.3, -0.25) is 14.4 Å². The molecular formula is C27H27N3O5S. The molecule has 36 heavy (non-hydrogen) atoms. The molecule has 0 bridgehead atoms. The minimum Gasteiger partial charge on any atom is -0.493 e. The summed E-state index contributed by atoms with van der Waals surface area (Å²) in [5.74, 6) is 0.578. The van der Waals surface area contributed by atoms with E-state index in [1.165, 1.54) is 11.8 Å². The minimum atomic E-state index is -0.319. The number of nitrogens with zero attached hydrogens (tertiary/aromatic N) is 1. The summed E-state index contributed by atoms with van der Waals surface area (Å²) in [6, 6.07) is 20.0. The average Bonchev–Trinajstić information content (AvgIpc) is 3.01. The van der Waals surface area contributed by atoms with Crippen LogP contribution in [0.1, 0.15) is 24.2 Å². The number of fused-ring (bicyclic) bond motifs is 1. The second kappa shape index (κ2) is 11.2. The third kappa shape index (κ3) is 5.80. The first-order chi connectivity index (χ1) is 17.4. The van der Waals surface area contributed by atoms with Gasteiger partial charge in [-0.2, -0.15) is 0 Å². The molecule has 0 spiro atoms. The number of amides is 3. The Morgan fingerprint density at radius 2 is 1.61 bits per heavy atom. The van der Waals surface area contributed by atoms with E-state index < -0.39 is 0 Å². The van der Waals surface area contributed by atoms with E-state index in [0.717, 1.165) is 10.5 Å². The van der Waals surface area contributed by atoms with Crippen LogP contribution in [0.25, 0.3) is 0 Å². The maximum atomic E-state index is 13.4. The highest BCUT2D eigenvalue weighted by molar-refractivity contribution is 7.99. The lowest BCUT2D eigenvalue weighted by Gasteiger charge is -2.22. The van der Waals surface area contributed by atoms with Gasteiger partial charge in [-0.05, 0) is 54.1 Å². The summed E-state index contributed by atoms with van der Waals surface area (Å²) in [5, 5.41) is 5.35. The van der Waals surface area contributed by atoms with Crippen molar-refractivity contribution in [3.63, 3.8) is 0 Å². The van der Waals surface area contributed by atoms with Crippen LogP contribution in [0, 0.1) is 0 Å². The lowest BCUT2D eigenvalue weighted by atomic mass is 10.1. The standard InChI is InChI=1S/C27H27N3O5S/c1-17(31)28-19-9-11-20(12-10-19)29-26(32)16-30-21-6-4-5-7-24(21)36-25(15-27(30)33)18-8-13-22(34-2)23(14-18)35-3/h4-14,25H,15-16H2,1-3H3,(H,28,31)(H,29,32). The second-order valence-corrected chi connectivity index (χ2v) is 9.42. The van der Waals surface area contributed by atoms with E-state index in [9.17, 15) is 14.4 Å². The molecule has 1 atom stereocenters. The Hall–Kier alpha value is -3.98. The smallest absolute Gasteiger partial charge is 0.244 e. The number of hydrogen-bond acceptors (Lipinski definition) is 6. The van der Waals surface area contributed by atoms with Crippen LogP contribution in [0.15, 0.2) is 71.6 Å². The fraction of sp³-hybridized carbons (Fsp3) is 0.222. The molecule has 3 aromatic carbocycles. The number of nitrogens with one attached hydrogen (secondary N) is 2. The summed E-state index contributed by atoms with van der Waals surface area (Å²) >= 11 is 1.58. The van der Waals surface area contributed by atoms with Crippen molar-refractivity contribution in [1.29, 1.82) is 0 Å². The largest absolute Gasteiger partial charge is 0.493 e. The summed E-state index contributed by atoms with van der Waals surface area (Å²) in [6.07, 6.45) is 0.216. The summed E-state index contributed by atoms with van der Waals surface area (Å²) < 4.78 is 10.8. The molecule has 3 amide bonds. The van der Waals surface area contributed by atoms with Gasteiger partial charge in [0.15, 0.2) is 11.5 Å². The Morgan fingerprint density at radius 3 is 2.28 bits per heavy atom. The van der Waals surface area contributed by atoms with Crippen molar-refractivity contribution >= 4 is 46.5 Å². The monoisotopic (exact) mass is 505 g/mol. The van der Waals surface area contributed by atoms with Crippen molar-refractivity contribution < 1.29 is 23.9 Å². The molecule has 9 heteroatoms. The molecule has 0 aliphatic carbocycles. The van der Waals surface area contributed by atoms with Gasteiger partial charge in [-0.1, -0.05) is 18.2 Å². The van der Waals surface area contributed by atoms with Crippen LogP contribution in [-0.2, 0) is 14.4 Å². The van der Waals surface area contributed by atoms with E-state index in [1.54, 1.807) is 50.2 Å². The first kappa shape index (κ1) is 25.1. The zero-order chi connectivity index (χ0) is 25.7. The molecule has 1 unspecified atom stereocenters. The molecular weight excluding hydrogens is 478 g/mol. The number of ether oxygens (including phenoxy) is 2. The topological polar surface area (TPSA) is 97.0 Å². The molecule has 0 radical (unpaired) electrons. The third-order valence-corrected chi connectivity index (χ3v) is 6.98. The molecule has 0 saturated heterocycles. The highest BCUT2D eigenvalue weighted by Gasteiger charge is 2.30. The number of para-hydroxylation sites is 1. The van der Waals surface area contributed by atoms with E-state index in [1.807, 2.05) is 42.5 Å². The number of benzene rings is 3. The predicted octanol–water partition coefficient (Wildman–Crippen LogP) is 4.87. The summed E-state index contributed by atoms with van der Waals surface area (Å²) in [4.78, 5) is 40.0. The average molecular weight is 506 g/mol. The van der Waals surface area contributed by atoms with E-state index in [4.69, 9.17) is 9.47 Å². The number of thioether (sulfide) groups is 1.